The number of hydrogen-bond acceptors (Lipinski definition) is 7. The van der Waals surface area contributed by atoms with Gasteiger partial charge in [0.05, 0.1) is 30.5 Å². The lowest BCUT2D eigenvalue weighted by Crippen LogP contribution is -2.47. The molecule has 9 nitrogen and oxygen atoms in total. The van der Waals surface area contributed by atoms with Crippen LogP contribution in [0.2, 0.25) is 0 Å². The van der Waals surface area contributed by atoms with Crippen molar-refractivity contribution in [1.82, 2.24) is 9.24 Å². The summed E-state index contributed by atoms with van der Waals surface area (Å²) in [6, 6.07) is 3.46. The van der Waals surface area contributed by atoms with Crippen LogP contribution >= 0.6 is 0 Å². The van der Waals surface area contributed by atoms with Crippen molar-refractivity contribution < 1.29 is 18.8 Å². The molecule has 0 fully saturated rings. The Morgan fingerprint density at radius 1 is 1.29 bits per heavy atom. The van der Waals surface area contributed by atoms with E-state index < -0.39 is 29.4 Å². The molecular formula is C18H21FN4O5. The molecule has 1 aromatic heterocycles. The Kier molecular flexibility index (Phi) is 6.34. The van der Waals surface area contributed by atoms with E-state index in [1.165, 1.54) is 26.3 Å². The molecule has 2 aromatic rings. The summed E-state index contributed by atoms with van der Waals surface area (Å²) in [6.45, 7) is 4.53. The second-order valence-corrected chi connectivity index (χ2v) is 6.23. The molecule has 0 spiro atoms. The zero-order chi connectivity index (χ0) is 21.0. The number of oxime groups is 1. The number of rotatable bonds is 7. The molecule has 0 radical (unpaired) electrons. The molecule has 1 heterocycles. The normalized spacial score (nSPS) is 11.6. The monoisotopic (exact) mass is 392 g/mol. The van der Waals surface area contributed by atoms with Crippen LogP contribution in [0, 0.1) is 5.82 Å². The molecule has 0 aliphatic heterocycles. The van der Waals surface area contributed by atoms with Crippen molar-refractivity contribution in [2.45, 2.75) is 33.4 Å². The van der Waals surface area contributed by atoms with E-state index in [4.69, 9.17) is 15.4 Å². The van der Waals surface area contributed by atoms with Gasteiger partial charge in [-0.1, -0.05) is 5.16 Å². The molecule has 0 saturated heterocycles. The van der Waals surface area contributed by atoms with Gasteiger partial charge in [0, 0.05) is 6.20 Å². The maximum absolute atomic E-state index is 13.5. The van der Waals surface area contributed by atoms with Crippen molar-refractivity contribution in [2.24, 2.45) is 5.16 Å². The predicted octanol–water partition coefficient (Wildman–Crippen LogP) is 0.903. The third kappa shape index (κ3) is 4.45. The van der Waals surface area contributed by atoms with Gasteiger partial charge >= 0.3 is 5.69 Å². The summed E-state index contributed by atoms with van der Waals surface area (Å²) in [4.78, 5) is 42.3. The molecule has 0 atom stereocenters. The summed E-state index contributed by atoms with van der Waals surface area (Å²) >= 11 is 0. The Morgan fingerprint density at radius 2 is 1.96 bits per heavy atom. The average Bonchev–Trinajstić information content (AvgIpc) is 2.66. The highest BCUT2D eigenvalue weighted by Gasteiger charge is 2.18. The molecule has 28 heavy (non-hydrogen) atoms. The first-order valence-electron chi connectivity index (χ1n) is 8.34. The number of nitrogen functional groups attached to an aromatic ring is 1. The van der Waals surface area contributed by atoms with E-state index in [9.17, 15) is 18.8 Å². The Labute approximate surface area is 159 Å². The van der Waals surface area contributed by atoms with Gasteiger partial charge in [0.1, 0.15) is 17.7 Å². The molecular weight excluding hydrogens is 371 g/mol. The Bertz CT molecular complexity index is 1040. The van der Waals surface area contributed by atoms with Crippen molar-refractivity contribution in [3.05, 3.63) is 62.2 Å². The van der Waals surface area contributed by atoms with Crippen LogP contribution in [0.25, 0.3) is 0 Å². The van der Waals surface area contributed by atoms with Crippen molar-refractivity contribution in [1.29, 1.82) is 0 Å². The molecule has 2 rings (SSSR count). The zero-order valence-corrected chi connectivity index (χ0v) is 15.9. The summed E-state index contributed by atoms with van der Waals surface area (Å²) in [5.74, 6) is 4.48. The number of ketones is 1. The number of benzene rings is 1. The van der Waals surface area contributed by atoms with Gasteiger partial charge in [-0.3, -0.25) is 14.2 Å². The van der Waals surface area contributed by atoms with Crippen molar-refractivity contribution in [3.63, 3.8) is 0 Å². The van der Waals surface area contributed by atoms with E-state index in [1.807, 2.05) is 0 Å². The van der Waals surface area contributed by atoms with Crippen molar-refractivity contribution >= 4 is 11.5 Å². The minimum atomic E-state index is -0.907. The molecule has 0 aliphatic carbocycles. The van der Waals surface area contributed by atoms with Gasteiger partial charge in [0.2, 0.25) is 0 Å². The first-order valence-corrected chi connectivity index (χ1v) is 8.34. The number of carbonyl (C=O) groups excluding carboxylic acids is 1. The van der Waals surface area contributed by atoms with E-state index >= 15 is 0 Å². The van der Waals surface area contributed by atoms with E-state index in [1.54, 1.807) is 13.8 Å². The van der Waals surface area contributed by atoms with Crippen LogP contribution in [0.3, 0.4) is 0 Å². The summed E-state index contributed by atoms with van der Waals surface area (Å²) in [6.07, 6.45) is 0.947. The summed E-state index contributed by atoms with van der Waals surface area (Å²) < 4.78 is 19.9. The summed E-state index contributed by atoms with van der Waals surface area (Å²) in [7, 11) is 1.34. The molecule has 0 saturated carbocycles. The van der Waals surface area contributed by atoms with E-state index in [0.29, 0.717) is 4.68 Å². The fourth-order valence-electron chi connectivity index (χ4n) is 2.35. The molecule has 1 aromatic carbocycles. The van der Waals surface area contributed by atoms with Gasteiger partial charge in [-0.15, -0.1) is 0 Å². The maximum Gasteiger partial charge on any atom is 0.350 e. The SMILES string of the molecule is COc1ccc(F)cc1C(=O)Cn1cc(/C(C)=N/OC(C)C)c(=O)n(N)c1=O. The Morgan fingerprint density at radius 3 is 2.57 bits per heavy atom. The number of halogens is 1. The lowest BCUT2D eigenvalue weighted by molar-refractivity contribution is 0.0860. The van der Waals surface area contributed by atoms with Crippen LogP contribution in [0.5, 0.6) is 5.75 Å². The van der Waals surface area contributed by atoms with E-state index in [0.717, 1.165) is 16.7 Å². The molecule has 0 unspecified atom stereocenters. The van der Waals surface area contributed by atoms with Crippen LogP contribution in [0.1, 0.15) is 36.7 Å². The van der Waals surface area contributed by atoms with Crippen LogP contribution < -0.4 is 21.8 Å². The number of ether oxygens (including phenoxy) is 1. The first kappa shape index (κ1) is 20.9. The Hall–Kier alpha value is -3.43. The van der Waals surface area contributed by atoms with Crippen molar-refractivity contribution in [2.75, 3.05) is 13.0 Å². The summed E-state index contributed by atoms with van der Waals surface area (Å²) in [5.41, 5.74) is -1.57. The van der Waals surface area contributed by atoms with E-state index in [2.05, 4.69) is 5.16 Å². The van der Waals surface area contributed by atoms with Crippen LogP contribution in [0.4, 0.5) is 4.39 Å². The first-order chi connectivity index (χ1) is 13.1. The highest BCUT2D eigenvalue weighted by atomic mass is 19.1. The number of methoxy groups -OCH3 is 1. The van der Waals surface area contributed by atoms with E-state index in [-0.39, 0.29) is 28.7 Å². The number of hydrogen-bond donors (Lipinski definition) is 1. The second-order valence-electron chi connectivity index (χ2n) is 6.23. The van der Waals surface area contributed by atoms with Crippen LogP contribution in [0.15, 0.2) is 39.1 Å². The minimum absolute atomic E-state index is 0.0123. The molecule has 0 aliphatic rings. The lowest BCUT2D eigenvalue weighted by Gasteiger charge is -2.12. The molecule has 0 bridgehead atoms. The number of Topliss-reactive ketones (excluding diaryl/α,β-unsaturated/α-hetero) is 1. The Balaban J connectivity index is 2.48. The van der Waals surface area contributed by atoms with Gasteiger partial charge < -0.3 is 15.4 Å². The lowest BCUT2D eigenvalue weighted by atomic mass is 10.1. The topological polar surface area (TPSA) is 118 Å². The van der Waals surface area contributed by atoms with Crippen molar-refractivity contribution in [3.8, 4) is 5.75 Å². The highest BCUT2D eigenvalue weighted by molar-refractivity contribution is 5.99. The zero-order valence-electron chi connectivity index (χ0n) is 15.9. The third-order valence-corrected chi connectivity index (χ3v) is 3.75. The molecule has 0 amide bonds. The highest BCUT2D eigenvalue weighted by Crippen LogP contribution is 2.20. The molecule has 150 valence electrons. The number of carbonyl (C=O) groups is 1. The number of aromatic nitrogens is 2. The standard InChI is InChI=1S/C18H21FN4O5/c1-10(2)28-21-11(3)14-8-22(18(26)23(20)17(14)25)9-15(24)13-7-12(19)5-6-16(13)27-4/h5-8,10H,9,20H2,1-4H3/b21-11+. The fraction of sp³-hybridized carbons (Fsp3) is 0.333. The molecule has 10 heteroatoms. The largest absolute Gasteiger partial charge is 0.496 e. The average molecular weight is 392 g/mol. The van der Waals surface area contributed by atoms with Crippen LogP contribution in [-0.4, -0.2) is 34.0 Å². The second kappa shape index (κ2) is 8.51. The van der Waals surface area contributed by atoms with Crippen LogP contribution in [-0.2, 0) is 11.4 Å². The predicted molar refractivity (Wildman–Crippen MR) is 101 cm³/mol. The molecule has 2 N–H and O–H groups in total. The third-order valence-electron chi connectivity index (χ3n) is 3.75. The van der Waals surface area contributed by atoms with Gasteiger partial charge in [0.25, 0.3) is 5.56 Å². The maximum atomic E-state index is 13.5. The van der Waals surface area contributed by atoms with Gasteiger partial charge in [-0.2, -0.15) is 4.68 Å². The van der Waals surface area contributed by atoms with Gasteiger partial charge in [-0.25, -0.2) is 9.18 Å². The number of nitrogens with zero attached hydrogens (tertiary/aromatic N) is 3. The number of nitrogens with two attached hydrogens (primary N) is 1. The van der Waals surface area contributed by atoms with Gasteiger partial charge in [0.15, 0.2) is 5.78 Å². The quantitative estimate of drug-likeness (QED) is 0.324. The smallest absolute Gasteiger partial charge is 0.350 e. The fourth-order valence-corrected chi connectivity index (χ4v) is 2.35. The van der Waals surface area contributed by atoms with Gasteiger partial charge in [-0.05, 0) is 39.0 Å². The minimum Gasteiger partial charge on any atom is -0.496 e. The summed E-state index contributed by atoms with van der Waals surface area (Å²) in [5, 5.41) is 3.82.